The molecule has 1 atom stereocenters. The van der Waals surface area contributed by atoms with Gasteiger partial charge in [-0.25, -0.2) is 13.2 Å². The average molecular weight is 359 g/mol. The van der Waals surface area contributed by atoms with E-state index in [0.717, 1.165) is 12.7 Å². The van der Waals surface area contributed by atoms with Crippen molar-refractivity contribution in [2.24, 2.45) is 0 Å². The number of esters is 1. The van der Waals surface area contributed by atoms with Crippen molar-refractivity contribution in [2.75, 3.05) is 24.7 Å². The van der Waals surface area contributed by atoms with Crippen LogP contribution >= 0.6 is 0 Å². The number of nitrogens with zero attached hydrogens (tertiary/aromatic N) is 2. The molecule has 1 aliphatic rings. The number of piperidine rings is 1. The predicted molar refractivity (Wildman–Crippen MR) is 85.0 cm³/mol. The molecule has 2 rings (SSSR count). The van der Waals surface area contributed by atoms with E-state index in [9.17, 15) is 18.0 Å². The molecule has 1 aromatic rings. The van der Waals surface area contributed by atoms with Crippen LogP contribution in [0.5, 0.6) is 0 Å². The molecular formula is C14H21N3O6S. The van der Waals surface area contributed by atoms with Crippen molar-refractivity contribution in [2.45, 2.75) is 39.2 Å². The normalized spacial score (nSPS) is 19.0. The second-order valence-corrected chi connectivity index (χ2v) is 7.46. The number of hydrogen-bond donors (Lipinski definition) is 1. The summed E-state index contributed by atoms with van der Waals surface area (Å²) in [5.41, 5.74) is 0.285. The van der Waals surface area contributed by atoms with Crippen molar-refractivity contribution in [3.05, 3.63) is 11.5 Å². The summed E-state index contributed by atoms with van der Waals surface area (Å²) in [4.78, 5) is 28.1. The minimum Gasteiger partial charge on any atom is -0.460 e. The lowest BCUT2D eigenvalue weighted by Crippen LogP contribution is -2.49. The molecular weight excluding hydrogens is 338 g/mol. The Morgan fingerprint density at radius 3 is 2.75 bits per heavy atom. The van der Waals surface area contributed by atoms with E-state index in [1.54, 1.807) is 13.8 Å². The third-order valence-corrected chi connectivity index (χ3v) is 4.96. The van der Waals surface area contributed by atoms with Crippen LogP contribution in [0.4, 0.5) is 6.01 Å². The van der Waals surface area contributed by atoms with Crippen LogP contribution in [0.25, 0.3) is 0 Å². The molecule has 1 aromatic heterocycles. The molecule has 1 amide bonds. The van der Waals surface area contributed by atoms with Crippen LogP contribution in [0.1, 0.15) is 42.4 Å². The number of carbonyl (C=O) groups is 2. The highest BCUT2D eigenvalue weighted by Gasteiger charge is 2.35. The van der Waals surface area contributed by atoms with Crippen LogP contribution in [-0.4, -0.2) is 55.0 Å². The van der Waals surface area contributed by atoms with E-state index < -0.39 is 27.9 Å². The van der Waals surface area contributed by atoms with Crippen LogP contribution in [0.2, 0.25) is 0 Å². The minimum atomic E-state index is -3.49. The fourth-order valence-corrected chi connectivity index (χ4v) is 3.71. The summed E-state index contributed by atoms with van der Waals surface area (Å²) in [7, 11) is -3.49. The summed E-state index contributed by atoms with van der Waals surface area (Å²) in [6.45, 7) is 3.70. The number of oxazole rings is 1. The van der Waals surface area contributed by atoms with Gasteiger partial charge >= 0.3 is 12.0 Å². The van der Waals surface area contributed by atoms with Gasteiger partial charge in [0.15, 0.2) is 0 Å². The SMILES string of the molecule is CCOC(=O)c1oc(NC(=O)C2CCCCN2S(C)(=O)=O)nc1C. The maximum Gasteiger partial charge on any atom is 0.376 e. The summed E-state index contributed by atoms with van der Waals surface area (Å²) >= 11 is 0. The molecule has 0 aliphatic carbocycles. The first-order valence-corrected chi connectivity index (χ1v) is 9.51. The Hall–Kier alpha value is -1.94. The molecule has 1 N–H and O–H groups in total. The molecule has 24 heavy (non-hydrogen) atoms. The highest BCUT2D eigenvalue weighted by atomic mass is 32.2. The fourth-order valence-electron chi connectivity index (χ4n) is 2.59. The Balaban J connectivity index is 2.14. The largest absolute Gasteiger partial charge is 0.460 e. The van der Waals surface area contributed by atoms with Crippen LogP contribution in [0, 0.1) is 6.92 Å². The molecule has 0 saturated carbocycles. The number of aromatic nitrogens is 1. The van der Waals surface area contributed by atoms with Crippen molar-refractivity contribution < 1.29 is 27.2 Å². The van der Waals surface area contributed by atoms with Crippen molar-refractivity contribution in [3.63, 3.8) is 0 Å². The Bertz CT molecular complexity index is 727. The molecule has 9 nitrogen and oxygen atoms in total. The van der Waals surface area contributed by atoms with E-state index in [4.69, 9.17) is 9.15 Å². The molecule has 1 aliphatic heterocycles. The minimum absolute atomic E-state index is 0.0873. The van der Waals surface area contributed by atoms with Crippen molar-refractivity contribution in [1.29, 1.82) is 0 Å². The zero-order chi connectivity index (χ0) is 17.9. The van der Waals surface area contributed by atoms with Gasteiger partial charge in [0.1, 0.15) is 6.04 Å². The number of carbonyl (C=O) groups excluding carboxylic acids is 2. The van der Waals surface area contributed by atoms with Gasteiger partial charge in [-0.15, -0.1) is 0 Å². The molecule has 1 saturated heterocycles. The van der Waals surface area contributed by atoms with Crippen molar-refractivity contribution >= 4 is 27.9 Å². The van der Waals surface area contributed by atoms with Gasteiger partial charge in [0, 0.05) is 6.54 Å². The van der Waals surface area contributed by atoms with Gasteiger partial charge in [-0.3, -0.25) is 10.1 Å². The second-order valence-electron chi connectivity index (χ2n) is 5.53. The molecule has 134 valence electrons. The third kappa shape index (κ3) is 4.12. The maximum absolute atomic E-state index is 12.4. The number of sulfonamides is 1. The quantitative estimate of drug-likeness (QED) is 0.776. The topological polar surface area (TPSA) is 119 Å². The molecule has 0 aromatic carbocycles. The number of ether oxygens (including phenoxy) is 1. The van der Waals surface area contributed by atoms with Gasteiger partial charge in [0.25, 0.3) is 0 Å². The summed E-state index contributed by atoms with van der Waals surface area (Å²) in [6.07, 6.45) is 2.96. The number of aryl methyl sites for hydroxylation is 1. The van der Waals surface area contributed by atoms with E-state index in [-0.39, 0.29) is 24.1 Å². The lowest BCUT2D eigenvalue weighted by molar-refractivity contribution is -0.120. The molecule has 1 fully saturated rings. The smallest absolute Gasteiger partial charge is 0.376 e. The van der Waals surface area contributed by atoms with E-state index in [1.807, 2.05) is 0 Å². The summed E-state index contributed by atoms with van der Waals surface area (Å²) in [5.74, 6) is -1.29. The molecule has 2 heterocycles. The highest BCUT2D eigenvalue weighted by Crippen LogP contribution is 2.22. The monoisotopic (exact) mass is 359 g/mol. The fraction of sp³-hybridized carbons (Fsp3) is 0.643. The van der Waals surface area contributed by atoms with Gasteiger partial charge in [-0.05, 0) is 26.7 Å². The van der Waals surface area contributed by atoms with Crippen LogP contribution in [0.3, 0.4) is 0 Å². The predicted octanol–water partition coefficient (Wildman–Crippen LogP) is 0.912. The Labute approximate surface area is 140 Å². The van der Waals surface area contributed by atoms with Crippen molar-refractivity contribution in [3.8, 4) is 0 Å². The van der Waals surface area contributed by atoms with E-state index in [0.29, 0.717) is 19.4 Å². The summed E-state index contributed by atoms with van der Waals surface area (Å²) < 4.78 is 34.9. The zero-order valence-corrected chi connectivity index (χ0v) is 14.7. The van der Waals surface area contributed by atoms with Crippen molar-refractivity contribution in [1.82, 2.24) is 9.29 Å². The van der Waals surface area contributed by atoms with Gasteiger partial charge < -0.3 is 9.15 Å². The first-order chi connectivity index (χ1) is 11.2. The standard InChI is InChI=1S/C14H21N3O6S/c1-4-22-13(19)11-9(2)15-14(23-11)16-12(18)10-7-5-6-8-17(10)24(3,20)21/h10H,4-8H2,1-3H3,(H,15,16,18). The number of nitrogens with one attached hydrogen (secondary N) is 1. The molecule has 0 spiro atoms. The molecule has 0 bridgehead atoms. The van der Waals surface area contributed by atoms with Gasteiger partial charge in [-0.2, -0.15) is 9.29 Å². The number of anilines is 1. The van der Waals surface area contributed by atoms with E-state index >= 15 is 0 Å². The van der Waals surface area contributed by atoms with E-state index in [1.165, 1.54) is 4.31 Å². The number of rotatable bonds is 5. The summed E-state index contributed by atoms with van der Waals surface area (Å²) in [6, 6.07) is -0.966. The molecule has 10 heteroatoms. The van der Waals surface area contributed by atoms with Crippen LogP contribution in [-0.2, 0) is 19.6 Å². The number of amides is 1. The first kappa shape index (κ1) is 18.4. The van der Waals surface area contributed by atoms with Gasteiger partial charge in [0.2, 0.25) is 21.7 Å². The molecule has 0 radical (unpaired) electrons. The Kier molecular flexibility index (Phi) is 5.60. The maximum atomic E-state index is 12.4. The van der Waals surface area contributed by atoms with Crippen LogP contribution in [0.15, 0.2) is 4.42 Å². The third-order valence-electron chi connectivity index (χ3n) is 3.67. The lowest BCUT2D eigenvalue weighted by Gasteiger charge is -2.32. The van der Waals surface area contributed by atoms with Crippen LogP contribution < -0.4 is 5.32 Å². The van der Waals surface area contributed by atoms with E-state index in [2.05, 4.69) is 10.3 Å². The number of hydrogen-bond acceptors (Lipinski definition) is 7. The highest BCUT2D eigenvalue weighted by molar-refractivity contribution is 7.88. The van der Waals surface area contributed by atoms with Gasteiger partial charge in [0.05, 0.1) is 18.6 Å². The zero-order valence-electron chi connectivity index (χ0n) is 13.9. The Morgan fingerprint density at radius 1 is 1.42 bits per heavy atom. The second kappa shape index (κ2) is 7.31. The average Bonchev–Trinajstić information content (AvgIpc) is 2.87. The van der Waals surface area contributed by atoms with Gasteiger partial charge in [-0.1, -0.05) is 6.42 Å². The lowest BCUT2D eigenvalue weighted by atomic mass is 10.0. The Morgan fingerprint density at radius 2 is 2.12 bits per heavy atom. The first-order valence-electron chi connectivity index (χ1n) is 7.66. The molecule has 1 unspecified atom stereocenters. The summed E-state index contributed by atoms with van der Waals surface area (Å²) in [5, 5.41) is 2.44.